The van der Waals surface area contributed by atoms with Gasteiger partial charge in [0.1, 0.15) is 0 Å². The molecule has 2 saturated heterocycles. The summed E-state index contributed by atoms with van der Waals surface area (Å²) in [6.07, 6.45) is 0.209. The molecular weight excluding hydrogens is 300 g/mol. The number of ether oxygens (including phenoxy) is 1. The maximum absolute atomic E-state index is 11.9. The zero-order chi connectivity index (χ0) is 16.2. The van der Waals surface area contributed by atoms with E-state index in [0.717, 1.165) is 24.3 Å². The fourth-order valence-electron chi connectivity index (χ4n) is 2.60. The minimum absolute atomic E-state index is 0.0143. The Bertz CT molecular complexity index is 591. The van der Waals surface area contributed by atoms with Crippen LogP contribution in [0.1, 0.15) is 18.4 Å². The van der Waals surface area contributed by atoms with E-state index in [2.05, 4.69) is 4.90 Å². The standard InChI is InChI=1S/C16H18N2O5/c19-14-5-6-15(20)18(14)23-16(21)11-12-1-3-13(4-2-12)17-7-9-22-10-8-17/h1-4H,5-11H2. The number of hydrogen-bond acceptors (Lipinski definition) is 6. The van der Waals surface area contributed by atoms with Crippen LogP contribution in [0.25, 0.3) is 0 Å². The van der Waals surface area contributed by atoms with Crippen LogP contribution < -0.4 is 4.90 Å². The van der Waals surface area contributed by atoms with E-state index in [0.29, 0.717) is 18.3 Å². The summed E-state index contributed by atoms with van der Waals surface area (Å²) in [6.45, 7) is 3.12. The first-order valence-corrected chi connectivity index (χ1v) is 7.62. The van der Waals surface area contributed by atoms with Crippen molar-refractivity contribution in [3.05, 3.63) is 29.8 Å². The van der Waals surface area contributed by atoms with Gasteiger partial charge in [0.25, 0.3) is 11.8 Å². The molecule has 0 aromatic heterocycles. The number of amides is 2. The number of carbonyl (C=O) groups excluding carboxylic acids is 3. The fraction of sp³-hybridized carbons (Fsp3) is 0.438. The van der Waals surface area contributed by atoms with E-state index in [-0.39, 0.29) is 19.3 Å². The monoisotopic (exact) mass is 318 g/mol. The topological polar surface area (TPSA) is 76.2 Å². The first-order chi connectivity index (χ1) is 11.1. The second-order valence-electron chi connectivity index (χ2n) is 5.49. The van der Waals surface area contributed by atoms with Gasteiger partial charge in [-0.05, 0) is 17.7 Å². The van der Waals surface area contributed by atoms with Crippen LogP contribution in [0.4, 0.5) is 5.69 Å². The molecule has 0 N–H and O–H groups in total. The molecule has 7 heteroatoms. The summed E-state index contributed by atoms with van der Waals surface area (Å²) < 4.78 is 5.32. The summed E-state index contributed by atoms with van der Waals surface area (Å²) in [5.41, 5.74) is 1.85. The van der Waals surface area contributed by atoms with Crippen molar-refractivity contribution in [2.75, 3.05) is 31.2 Å². The van der Waals surface area contributed by atoms with Crippen LogP contribution in [0.2, 0.25) is 0 Å². The van der Waals surface area contributed by atoms with Gasteiger partial charge >= 0.3 is 5.97 Å². The van der Waals surface area contributed by atoms with E-state index in [4.69, 9.17) is 9.57 Å². The Labute approximate surface area is 133 Å². The van der Waals surface area contributed by atoms with Gasteiger partial charge in [0.05, 0.1) is 19.6 Å². The maximum atomic E-state index is 11.9. The Kier molecular flexibility index (Phi) is 4.57. The number of morpholine rings is 1. The summed E-state index contributed by atoms with van der Waals surface area (Å²) in [6, 6.07) is 7.58. The lowest BCUT2D eigenvalue weighted by atomic mass is 10.1. The summed E-state index contributed by atoms with van der Waals surface area (Å²) in [5, 5.41) is 0.574. The molecule has 0 aliphatic carbocycles. The van der Waals surface area contributed by atoms with Crippen LogP contribution in [0, 0.1) is 0 Å². The van der Waals surface area contributed by atoms with Gasteiger partial charge in [0, 0.05) is 31.6 Å². The molecule has 0 atom stereocenters. The van der Waals surface area contributed by atoms with Crippen molar-refractivity contribution in [2.45, 2.75) is 19.3 Å². The third-order valence-corrected chi connectivity index (χ3v) is 3.86. The molecule has 0 spiro atoms. The Morgan fingerprint density at radius 1 is 1.04 bits per heavy atom. The summed E-state index contributed by atoms with van der Waals surface area (Å²) >= 11 is 0. The second kappa shape index (κ2) is 6.78. The van der Waals surface area contributed by atoms with Crippen LogP contribution in [0.15, 0.2) is 24.3 Å². The molecule has 23 heavy (non-hydrogen) atoms. The molecular formula is C16H18N2O5. The highest BCUT2D eigenvalue weighted by molar-refractivity contribution is 6.01. The van der Waals surface area contributed by atoms with E-state index < -0.39 is 17.8 Å². The van der Waals surface area contributed by atoms with Gasteiger partial charge in [-0.3, -0.25) is 9.59 Å². The highest BCUT2D eigenvalue weighted by Crippen LogP contribution is 2.18. The number of anilines is 1. The van der Waals surface area contributed by atoms with E-state index in [1.54, 1.807) is 0 Å². The maximum Gasteiger partial charge on any atom is 0.337 e. The lowest BCUT2D eigenvalue weighted by Crippen LogP contribution is -2.36. The van der Waals surface area contributed by atoms with Crippen molar-refractivity contribution in [2.24, 2.45) is 0 Å². The average molecular weight is 318 g/mol. The molecule has 0 unspecified atom stereocenters. The normalized spacial score (nSPS) is 18.4. The third-order valence-electron chi connectivity index (χ3n) is 3.86. The van der Waals surface area contributed by atoms with Crippen molar-refractivity contribution >= 4 is 23.5 Å². The molecule has 3 rings (SSSR count). The number of benzene rings is 1. The number of rotatable bonds is 4. The molecule has 0 radical (unpaired) electrons. The molecule has 2 aliphatic heterocycles. The van der Waals surface area contributed by atoms with E-state index in [1.165, 1.54) is 0 Å². The van der Waals surface area contributed by atoms with Crippen LogP contribution >= 0.6 is 0 Å². The fourth-order valence-corrected chi connectivity index (χ4v) is 2.60. The SMILES string of the molecule is O=C(Cc1ccc(N2CCOCC2)cc1)ON1C(=O)CCC1=O. The van der Waals surface area contributed by atoms with Gasteiger partial charge in [-0.2, -0.15) is 0 Å². The van der Waals surface area contributed by atoms with Crippen molar-refractivity contribution in [1.82, 2.24) is 5.06 Å². The zero-order valence-corrected chi connectivity index (χ0v) is 12.7. The number of hydrogen-bond donors (Lipinski definition) is 0. The van der Waals surface area contributed by atoms with E-state index >= 15 is 0 Å². The molecule has 2 amide bonds. The summed E-state index contributed by atoms with van der Waals surface area (Å²) in [7, 11) is 0. The Morgan fingerprint density at radius 2 is 1.65 bits per heavy atom. The van der Waals surface area contributed by atoms with E-state index in [9.17, 15) is 14.4 Å². The van der Waals surface area contributed by atoms with E-state index in [1.807, 2.05) is 24.3 Å². The largest absolute Gasteiger partial charge is 0.378 e. The quantitative estimate of drug-likeness (QED) is 0.760. The first kappa shape index (κ1) is 15.5. The number of nitrogens with zero attached hydrogens (tertiary/aromatic N) is 2. The Morgan fingerprint density at radius 3 is 2.26 bits per heavy atom. The van der Waals surface area contributed by atoms with Crippen LogP contribution in [-0.2, 0) is 30.4 Å². The van der Waals surface area contributed by atoms with Crippen molar-refractivity contribution < 1.29 is 24.0 Å². The first-order valence-electron chi connectivity index (χ1n) is 7.62. The van der Waals surface area contributed by atoms with Crippen molar-refractivity contribution in [3.63, 3.8) is 0 Å². The van der Waals surface area contributed by atoms with Gasteiger partial charge in [-0.25, -0.2) is 4.79 Å². The van der Waals surface area contributed by atoms with Crippen LogP contribution in [0.5, 0.6) is 0 Å². The summed E-state index contributed by atoms with van der Waals surface area (Å²) in [5.74, 6) is -1.55. The van der Waals surface area contributed by atoms with Crippen molar-refractivity contribution in [3.8, 4) is 0 Å². The molecule has 0 saturated carbocycles. The predicted octanol–water partition coefficient (Wildman–Crippen LogP) is 0.673. The van der Waals surface area contributed by atoms with Crippen molar-refractivity contribution in [1.29, 1.82) is 0 Å². The minimum Gasteiger partial charge on any atom is -0.378 e. The number of carbonyl (C=O) groups is 3. The average Bonchev–Trinajstić information content (AvgIpc) is 2.88. The smallest absolute Gasteiger partial charge is 0.337 e. The highest BCUT2D eigenvalue weighted by Gasteiger charge is 2.32. The molecule has 7 nitrogen and oxygen atoms in total. The Balaban J connectivity index is 1.56. The van der Waals surface area contributed by atoms with Gasteiger partial charge in [-0.1, -0.05) is 12.1 Å². The third kappa shape index (κ3) is 3.68. The highest BCUT2D eigenvalue weighted by atomic mass is 16.7. The molecule has 122 valence electrons. The van der Waals surface area contributed by atoms with Gasteiger partial charge in [0.2, 0.25) is 0 Å². The van der Waals surface area contributed by atoms with Gasteiger partial charge < -0.3 is 14.5 Å². The van der Waals surface area contributed by atoms with Gasteiger partial charge in [-0.15, -0.1) is 5.06 Å². The second-order valence-corrected chi connectivity index (χ2v) is 5.49. The molecule has 2 aliphatic rings. The lowest BCUT2D eigenvalue weighted by Gasteiger charge is -2.28. The molecule has 2 heterocycles. The number of hydroxylamine groups is 2. The minimum atomic E-state index is -0.618. The molecule has 1 aromatic rings. The summed E-state index contributed by atoms with van der Waals surface area (Å²) in [4.78, 5) is 41.7. The number of imide groups is 1. The lowest BCUT2D eigenvalue weighted by molar-refractivity contribution is -0.197. The molecule has 1 aromatic carbocycles. The molecule has 2 fully saturated rings. The van der Waals surface area contributed by atoms with Gasteiger partial charge in [0.15, 0.2) is 0 Å². The van der Waals surface area contributed by atoms with Crippen LogP contribution in [0.3, 0.4) is 0 Å². The van der Waals surface area contributed by atoms with Crippen LogP contribution in [-0.4, -0.2) is 49.2 Å². The Hall–Kier alpha value is -2.41. The zero-order valence-electron chi connectivity index (χ0n) is 12.7. The predicted molar refractivity (Wildman–Crippen MR) is 80.4 cm³/mol. The molecule has 0 bridgehead atoms.